The molecular weight excluding hydrogens is 362 g/mol. The molecule has 0 saturated carbocycles. The van der Waals surface area contributed by atoms with Crippen LogP contribution in [-0.4, -0.2) is 30.8 Å². The van der Waals surface area contributed by atoms with Gasteiger partial charge in [-0.2, -0.15) is 0 Å². The molecule has 1 aliphatic carbocycles. The second kappa shape index (κ2) is 7.27. The molecule has 27 heavy (non-hydrogen) atoms. The predicted octanol–water partition coefficient (Wildman–Crippen LogP) is 3.32. The largest absolute Gasteiger partial charge is 0.457 e. The molecular formula is C21H21NO4S. The van der Waals surface area contributed by atoms with E-state index in [2.05, 4.69) is 12.1 Å². The molecule has 1 saturated heterocycles. The molecule has 2 aromatic rings. The van der Waals surface area contributed by atoms with Gasteiger partial charge in [0.1, 0.15) is 0 Å². The van der Waals surface area contributed by atoms with Crippen LogP contribution in [0.3, 0.4) is 0 Å². The van der Waals surface area contributed by atoms with E-state index in [-0.39, 0.29) is 24.7 Å². The number of ether oxygens (including phenoxy) is 1. The van der Waals surface area contributed by atoms with Crippen LogP contribution >= 0.6 is 11.3 Å². The number of benzene rings is 1. The summed E-state index contributed by atoms with van der Waals surface area (Å²) >= 11 is 1.38. The maximum absolute atomic E-state index is 12.4. The fourth-order valence-electron chi connectivity index (χ4n) is 3.75. The molecule has 1 amide bonds. The highest BCUT2D eigenvalue weighted by Crippen LogP contribution is 2.31. The van der Waals surface area contributed by atoms with E-state index in [0.717, 1.165) is 29.8 Å². The lowest BCUT2D eigenvalue weighted by atomic mass is 10.1. The van der Waals surface area contributed by atoms with Gasteiger partial charge in [0, 0.05) is 23.5 Å². The van der Waals surface area contributed by atoms with Crippen LogP contribution in [0.5, 0.6) is 0 Å². The number of carbonyl (C=O) groups excluding carboxylic acids is 3. The molecule has 1 fully saturated rings. The minimum atomic E-state index is -0.524. The van der Waals surface area contributed by atoms with Gasteiger partial charge in [-0.05, 0) is 61.6 Å². The standard InChI is InChI=1S/C21H21NO4S/c1-13-5-8-19(27-13)18(23)12-26-21(25)16-10-20(24)22(11-16)17-7-6-14-3-2-4-15(14)9-17/h5-9,16H,2-4,10-12H2,1H3/t16-/m1/s1. The summed E-state index contributed by atoms with van der Waals surface area (Å²) in [5.74, 6) is -1.28. The molecule has 1 aromatic heterocycles. The van der Waals surface area contributed by atoms with E-state index in [0.29, 0.717) is 11.4 Å². The quantitative estimate of drug-likeness (QED) is 0.587. The monoisotopic (exact) mass is 383 g/mol. The molecule has 2 aliphatic rings. The number of Topliss-reactive ketones (excluding diaryl/α,β-unsaturated/α-hetero) is 1. The van der Waals surface area contributed by atoms with E-state index >= 15 is 0 Å². The highest BCUT2D eigenvalue weighted by atomic mass is 32.1. The lowest BCUT2D eigenvalue weighted by Crippen LogP contribution is -2.27. The van der Waals surface area contributed by atoms with Crippen molar-refractivity contribution in [2.45, 2.75) is 32.6 Å². The van der Waals surface area contributed by atoms with Gasteiger partial charge in [0.2, 0.25) is 11.7 Å². The number of hydrogen-bond donors (Lipinski definition) is 0. The third kappa shape index (κ3) is 3.67. The van der Waals surface area contributed by atoms with Gasteiger partial charge < -0.3 is 9.64 Å². The third-order valence-electron chi connectivity index (χ3n) is 5.21. The van der Waals surface area contributed by atoms with Crippen molar-refractivity contribution >= 4 is 34.7 Å². The van der Waals surface area contributed by atoms with Crippen molar-refractivity contribution in [1.29, 1.82) is 0 Å². The minimum absolute atomic E-state index is 0.0740. The van der Waals surface area contributed by atoms with Crippen LogP contribution < -0.4 is 4.90 Å². The Morgan fingerprint density at radius 3 is 2.78 bits per heavy atom. The molecule has 0 radical (unpaired) electrons. The summed E-state index contributed by atoms with van der Waals surface area (Å²) in [6.45, 7) is 1.95. The van der Waals surface area contributed by atoms with Crippen molar-refractivity contribution in [3.8, 4) is 0 Å². The first kappa shape index (κ1) is 17.9. The van der Waals surface area contributed by atoms with E-state index in [4.69, 9.17) is 4.74 Å². The van der Waals surface area contributed by atoms with E-state index in [1.54, 1.807) is 11.0 Å². The number of amides is 1. The van der Waals surface area contributed by atoms with Gasteiger partial charge in [0.25, 0.3) is 0 Å². The Morgan fingerprint density at radius 1 is 1.19 bits per heavy atom. The Morgan fingerprint density at radius 2 is 2.00 bits per heavy atom. The van der Waals surface area contributed by atoms with Crippen LogP contribution in [-0.2, 0) is 27.2 Å². The lowest BCUT2D eigenvalue weighted by molar-refractivity contribution is -0.147. The summed E-state index contributed by atoms with van der Waals surface area (Å²) in [5.41, 5.74) is 3.49. The van der Waals surface area contributed by atoms with Gasteiger partial charge in [-0.3, -0.25) is 14.4 Å². The number of hydrogen-bond acceptors (Lipinski definition) is 5. The smallest absolute Gasteiger partial charge is 0.311 e. The van der Waals surface area contributed by atoms with Gasteiger partial charge in [0.15, 0.2) is 6.61 Å². The Kier molecular flexibility index (Phi) is 4.83. The van der Waals surface area contributed by atoms with Gasteiger partial charge in [-0.25, -0.2) is 0 Å². The van der Waals surface area contributed by atoms with Crippen LogP contribution in [0, 0.1) is 12.8 Å². The topological polar surface area (TPSA) is 63.7 Å². The Labute approximate surface area is 161 Å². The number of fused-ring (bicyclic) bond motifs is 1. The van der Waals surface area contributed by atoms with Crippen LogP contribution in [0.15, 0.2) is 30.3 Å². The normalized spacial score (nSPS) is 18.6. The average molecular weight is 383 g/mol. The summed E-state index contributed by atoms with van der Waals surface area (Å²) < 4.78 is 5.20. The summed E-state index contributed by atoms with van der Waals surface area (Å²) in [4.78, 5) is 40.1. The van der Waals surface area contributed by atoms with Crippen molar-refractivity contribution in [3.05, 3.63) is 51.2 Å². The highest BCUT2D eigenvalue weighted by molar-refractivity contribution is 7.14. The molecule has 0 N–H and O–H groups in total. The molecule has 140 valence electrons. The predicted molar refractivity (Wildman–Crippen MR) is 103 cm³/mol. The number of thiophene rings is 1. The average Bonchev–Trinajstić information content (AvgIpc) is 3.38. The molecule has 6 heteroatoms. The lowest BCUT2D eigenvalue weighted by Gasteiger charge is -2.17. The second-order valence-corrected chi connectivity index (χ2v) is 8.44. The molecule has 1 atom stereocenters. The van der Waals surface area contributed by atoms with Crippen LogP contribution in [0.1, 0.15) is 38.5 Å². The fourth-order valence-corrected chi connectivity index (χ4v) is 4.54. The maximum atomic E-state index is 12.4. The van der Waals surface area contributed by atoms with Gasteiger partial charge in [0.05, 0.1) is 10.8 Å². The number of ketones is 1. The van der Waals surface area contributed by atoms with E-state index in [9.17, 15) is 14.4 Å². The Bertz CT molecular complexity index is 917. The molecule has 2 heterocycles. The summed E-state index contributed by atoms with van der Waals surface area (Å²) in [5, 5.41) is 0. The zero-order valence-electron chi connectivity index (χ0n) is 15.2. The van der Waals surface area contributed by atoms with Gasteiger partial charge in [-0.1, -0.05) is 6.07 Å². The Hall–Kier alpha value is -2.47. The molecule has 0 unspecified atom stereocenters. The number of esters is 1. The van der Waals surface area contributed by atoms with Crippen molar-refractivity contribution in [2.75, 3.05) is 18.1 Å². The SMILES string of the molecule is Cc1ccc(C(=O)COC(=O)[C@@H]2CC(=O)N(c3ccc4c(c3)CCC4)C2)s1. The third-order valence-corrected chi connectivity index (χ3v) is 6.25. The minimum Gasteiger partial charge on any atom is -0.457 e. The van der Waals surface area contributed by atoms with Crippen molar-refractivity contribution < 1.29 is 19.1 Å². The van der Waals surface area contributed by atoms with Gasteiger partial charge in [-0.15, -0.1) is 11.3 Å². The number of rotatable bonds is 5. The highest BCUT2D eigenvalue weighted by Gasteiger charge is 2.36. The molecule has 1 aliphatic heterocycles. The van der Waals surface area contributed by atoms with Crippen LogP contribution in [0.2, 0.25) is 0 Å². The van der Waals surface area contributed by atoms with E-state index in [1.165, 1.54) is 22.5 Å². The molecule has 4 rings (SSSR count). The Balaban J connectivity index is 1.37. The number of anilines is 1. The molecule has 5 nitrogen and oxygen atoms in total. The molecule has 0 spiro atoms. The summed E-state index contributed by atoms with van der Waals surface area (Å²) in [6, 6.07) is 9.71. The number of aryl methyl sites for hydroxylation is 3. The first-order chi connectivity index (χ1) is 13.0. The van der Waals surface area contributed by atoms with Crippen LogP contribution in [0.4, 0.5) is 5.69 Å². The first-order valence-corrected chi connectivity index (χ1v) is 10.0. The number of nitrogens with zero attached hydrogens (tertiary/aromatic N) is 1. The maximum Gasteiger partial charge on any atom is 0.311 e. The second-order valence-electron chi connectivity index (χ2n) is 7.15. The van der Waals surface area contributed by atoms with Gasteiger partial charge >= 0.3 is 5.97 Å². The van der Waals surface area contributed by atoms with Crippen molar-refractivity contribution in [2.24, 2.45) is 5.92 Å². The fraction of sp³-hybridized carbons (Fsp3) is 0.381. The summed E-state index contributed by atoms with van der Waals surface area (Å²) in [7, 11) is 0. The van der Waals surface area contributed by atoms with E-state index < -0.39 is 11.9 Å². The summed E-state index contributed by atoms with van der Waals surface area (Å²) in [6.07, 6.45) is 3.42. The van der Waals surface area contributed by atoms with E-state index in [1.807, 2.05) is 19.1 Å². The van der Waals surface area contributed by atoms with Crippen molar-refractivity contribution in [3.63, 3.8) is 0 Å². The molecule has 0 bridgehead atoms. The molecule has 1 aromatic carbocycles. The zero-order valence-corrected chi connectivity index (χ0v) is 16.0. The van der Waals surface area contributed by atoms with Crippen LogP contribution in [0.25, 0.3) is 0 Å². The van der Waals surface area contributed by atoms with Crippen molar-refractivity contribution in [1.82, 2.24) is 0 Å². The zero-order chi connectivity index (χ0) is 19.0. The first-order valence-electron chi connectivity index (χ1n) is 9.19. The number of carbonyl (C=O) groups is 3.